The predicted octanol–water partition coefficient (Wildman–Crippen LogP) is 2.17. The molecule has 0 aromatic heterocycles. The van der Waals surface area contributed by atoms with Crippen LogP contribution >= 0.6 is 11.6 Å². The molecule has 1 heterocycles. The minimum Gasteiger partial charge on any atom is -0.427 e. The standard InChI is InChI=1S/C23H27B2ClFNO7S/c1-25(31)34-13-20-18(9-10-35-36(2,32)33)22(28(23(20)30)24-14-29)11-15-3-5-16(6-4-15)19-12-17(26)7-8-21(19)27/h3-8,12,14,18,20,22,24,31H,9-11,13H2,1-2H3. The minimum atomic E-state index is -3.68. The quantitative estimate of drug-likeness (QED) is 0.251. The highest BCUT2D eigenvalue weighted by Gasteiger charge is 2.47. The fraction of sp³-hybridized carbons (Fsp3) is 0.391. The molecule has 0 bridgehead atoms. The van der Waals surface area contributed by atoms with Crippen LogP contribution in [0.3, 0.4) is 0 Å². The van der Waals surface area contributed by atoms with E-state index in [1.807, 2.05) is 12.1 Å². The summed E-state index contributed by atoms with van der Waals surface area (Å²) in [5.74, 6) is -1.80. The maximum Gasteiger partial charge on any atom is 0.450 e. The summed E-state index contributed by atoms with van der Waals surface area (Å²) in [7, 11) is -4.91. The van der Waals surface area contributed by atoms with Gasteiger partial charge in [0, 0.05) is 23.2 Å². The summed E-state index contributed by atoms with van der Waals surface area (Å²) in [5.41, 5.74) is 1.83. The molecule has 1 fully saturated rings. The molecule has 0 saturated carbocycles. The number of carbonyl (C=O) groups excluding carboxylic acids is 2. The van der Waals surface area contributed by atoms with Gasteiger partial charge in [-0.05, 0) is 54.9 Å². The number of benzene rings is 2. The van der Waals surface area contributed by atoms with Crippen molar-refractivity contribution in [1.29, 1.82) is 0 Å². The van der Waals surface area contributed by atoms with Crippen LogP contribution in [0.1, 0.15) is 12.0 Å². The first-order valence-electron chi connectivity index (χ1n) is 11.4. The molecule has 13 heteroatoms. The van der Waals surface area contributed by atoms with E-state index in [9.17, 15) is 27.4 Å². The average molecular weight is 538 g/mol. The Balaban J connectivity index is 1.87. The maximum absolute atomic E-state index is 14.3. The summed E-state index contributed by atoms with van der Waals surface area (Å²) in [4.78, 5) is 26.0. The fourth-order valence-corrected chi connectivity index (χ4v) is 5.14. The summed E-state index contributed by atoms with van der Waals surface area (Å²) in [5, 5.41) is 9.96. The first-order valence-corrected chi connectivity index (χ1v) is 13.6. The zero-order chi connectivity index (χ0) is 26.5. The summed E-state index contributed by atoms with van der Waals surface area (Å²) in [6.45, 7) is 1.20. The molecule has 0 spiro atoms. The van der Waals surface area contributed by atoms with Crippen LogP contribution in [0.4, 0.5) is 4.39 Å². The molecule has 192 valence electrons. The number of carbonyl (C=O) groups is 2. The molecule has 36 heavy (non-hydrogen) atoms. The molecule has 2 aromatic rings. The van der Waals surface area contributed by atoms with Gasteiger partial charge >= 0.3 is 14.5 Å². The Morgan fingerprint density at radius 1 is 1.25 bits per heavy atom. The van der Waals surface area contributed by atoms with E-state index < -0.39 is 40.9 Å². The molecule has 2 aromatic carbocycles. The van der Waals surface area contributed by atoms with Gasteiger partial charge in [-0.15, -0.1) is 0 Å². The van der Waals surface area contributed by atoms with Gasteiger partial charge in [-0.3, -0.25) is 8.98 Å². The van der Waals surface area contributed by atoms with Crippen molar-refractivity contribution >= 4 is 48.3 Å². The topological polar surface area (TPSA) is 110 Å². The van der Waals surface area contributed by atoms with E-state index in [2.05, 4.69) is 0 Å². The van der Waals surface area contributed by atoms with Gasteiger partial charge in [0.25, 0.3) is 10.1 Å². The molecular formula is C23H27B2ClFNO7S. The summed E-state index contributed by atoms with van der Waals surface area (Å²) in [6.07, 6.45) is 2.17. The maximum atomic E-state index is 14.3. The van der Waals surface area contributed by atoms with Gasteiger partial charge < -0.3 is 19.3 Å². The third-order valence-corrected chi connectivity index (χ3v) is 7.02. The number of hydrogen-bond acceptors (Lipinski definition) is 7. The van der Waals surface area contributed by atoms with Gasteiger partial charge in [-0.25, -0.2) is 4.39 Å². The molecule has 1 saturated heterocycles. The van der Waals surface area contributed by atoms with E-state index in [1.165, 1.54) is 29.8 Å². The largest absolute Gasteiger partial charge is 0.450 e. The molecule has 0 aliphatic carbocycles. The van der Waals surface area contributed by atoms with E-state index >= 15 is 0 Å². The molecule has 0 radical (unpaired) electrons. The second-order valence-corrected chi connectivity index (χ2v) is 10.8. The molecule has 1 aliphatic heterocycles. The number of amides is 1. The van der Waals surface area contributed by atoms with Gasteiger partial charge in [0.1, 0.15) is 12.0 Å². The van der Waals surface area contributed by atoms with Gasteiger partial charge in [0.05, 0.1) is 18.8 Å². The number of nitrogens with zero attached hydrogens (tertiary/aromatic N) is 1. The van der Waals surface area contributed by atoms with E-state index in [0.717, 1.165) is 11.8 Å². The van der Waals surface area contributed by atoms with Crippen LogP contribution in [-0.2, 0) is 35.0 Å². The van der Waals surface area contributed by atoms with Gasteiger partial charge in [0.2, 0.25) is 5.91 Å². The third-order valence-electron chi connectivity index (χ3n) is 6.19. The summed E-state index contributed by atoms with van der Waals surface area (Å²) >= 11 is 6.01. The molecule has 1 amide bonds. The van der Waals surface area contributed by atoms with Crippen molar-refractivity contribution < 1.29 is 36.3 Å². The molecule has 3 rings (SSSR count). The summed E-state index contributed by atoms with van der Waals surface area (Å²) in [6, 6.07) is 11.0. The zero-order valence-corrected chi connectivity index (χ0v) is 21.5. The Morgan fingerprint density at radius 3 is 2.56 bits per heavy atom. The highest BCUT2D eigenvalue weighted by Crippen LogP contribution is 2.36. The lowest BCUT2D eigenvalue weighted by atomic mass is 9.83. The average Bonchev–Trinajstić information content (AvgIpc) is 3.04. The lowest BCUT2D eigenvalue weighted by molar-refractivity contribution is -0.128. The first kappa shape index (κ1) is 28.3. The Morgan fingerprint density at radius 2 is 1.94 bits per heavy atom. The van der Waals surface area contributed by atoms with E-state index in [0.29, 0.717) is 28.8 Å². The van der Waals surface area contributed by atoms with Crippen molar-refractivity contribution in [3.05, 3.63) is 58.9 Å². The van der Waals surface area contributed by atoms with Crippen molar-refractivity contribution in [1.82, 2.24) is 4.81 Å². The van der Waals surface area contributed by atoms with Crippen molar-refractivity contribution in [3.63, 3.8) is 0 Å². The zero-order valence-electron chi connectivity index (χ0n) is 20.0. The minimum absolute atomic E-state index is 0.0844. The molecule has 1 N–H and O–H groups in total. The normalized spacial score (nSPS) is 20.0. The SMILES string of the molecule is CB(O)OCC1C(=O)N(BC=O)C(Cc2ccc(-c3cc(Cl)ccc3F)cc2)C1CCOS(C)(=O)=O. The van der Waals surface area contributed by atoms with E-state index in [-0.39, 0.29) is 33.0 Å². The van der Waals surface area contributed by atoms with Crippen molar-refractivity contribution in [2.24, 2.45) is 11.8 Å². The van der Waals surface area contributed by atoms with Gasteiger partial charge in [-0.2, -0.15) is 8.42 Å². The molecule has 1 aliphatic rings. The fourth-order valence-electron chi connectivity index (χ4n) is 4.57. The van der Waals surface area contributed by atoms with Gasteiger partial charge in [0.15, 0.2) is 0 Å². The molecule has 8 nitrogen and oxygen atoms in total. The van der Waals surface area contributed by atoms with Gasteiger partial charge in [-0.1, -0.05) is 35.9 Å². The molecular weight excluding hydrogens is 510 g/mol. The van der Waals surface area contributed by atoms with E-state index in [1.54, 1.807) is 12.1 Å². The Kier molecular flexibility index (Phi) is 9.71. The van der Waals surface area contributed by atoms with Crippen LogP contribution in [0.25, 0.3) is 11.1 Å². The second-order valence-electron chi connectivity index (χ2n) is 8.77. The first-order chi connectivity index (χ1) is 17.0. The van der Waals surface area contributed by atoms with E-state index in [4.69, 9.17) is 20.4 Å². The lowest BCUT2D eigenvalue weighted by Crippen LogP contribution is -2.40. The van der Waals surface area contributed by atoms with Crippen LogP contribution in [-0.4, -0.2) is 70.4 Å². The number of halogens is 2. The van der Waals surface area contributed by atoms with Crippen LogP contribution < -0.4 is 0 Å². The van der Waals surface area contributed by atoms with Crippen LogP contribution in [0.5, 0.6) is 0 Å². The second kappa shape index (κ2) is 12.3. The summed E-state index contributed by atoms with van der Waals surface area (Å²) < 4.78 is 47.4. The smallest absolute Gasteiger partial charge is 0.427 e. The van der Waals surface area contributed by atoms with Crippen molar-refractivity contribution in [2.45, 2.75) is 25.7 Å². The number of rotatable bonds is 12. The highest BCUT2D eigenvalue weighted by atomic mass is 35.5. The molecule has 3 unspecified atom stereocenters. The predicted molar refractivity (Wildman–Crippen MR) is 137 cm³/mol. The Hall–Kier alpha value is -2.24. The Labute approximate surface area is 216 Å². The lowest BCUT2D eigenvalue weighted by Gasteiger charge is -2.27. The van der Waals surface area contributed by atoms with Crippen LogP contribution in [0.2, 0.25) is 11.8 Å². The Bertz CT molecular complexity index is 1180. The van der Waals surface area contributed by atoms with Crippen molar-refractivity contribution in [2.75, 3.05) is 19.5 Å². The van der Waals surface area contributed by atoms with Crippen LogP contribution in [0, 0.1) is 17.7 Å². The number of hydrogen-bond donors (Lipinski definition) is 1. The monoisotopic (exact) mass is 537 g/mol. The highest BCUT2D eigenvalue weighted by molar-refractivity contribution is 7.85. The van der Waals surface area contributed by atoms with Crippen LogP contribution in [0.15, 0.2) is 42.5 Å². The van der Waals surface area contributed by atoms with Crippen molar-refractivity contribution in [3.8, 4) is 11.1 Å². The third kappa shape index (κ3) is 7.39. The molecule has 3 atom stereocenters.